The normalized spacial score (nSPS) is 20.3. The molecule has 10 heteroatoms. The highest BCUT2D eigenvalue weighted by Gasteiger charge is 2.54. The second-order valence-corrected chi connectivity index (χ2v) is 8.97. The number of hydrogen-bond acceptors (Lipinski definition) is 7. The minimum atomic E-state index is -0.910. The van der Waals surface area contributed by atoms with Gasteiger partial charge in [-0.05, 0) is 36.6 Å². The van der Waals surface area contributed by atoms with Gasteiger partial charge >= 0.3 is 0 Å². The maximum absolute atomic E-state index is 12.9. The van der Waals surface area contributed by atoms with Crippen LogP contribution in [0, 0.1) is 28.1 Å². The lowest BCUT2D eigenvalue weighted by molar-refractivity contribution is -0.134. The topological polar surface area (TPSA) is 150 Å². The van der Waals surface area contributed by atoms with Gasteiger partial charge in [0.15, 0.2) is 0 Å². The number of nitriles is 2. The Kier molecular flexibility index (Phi) is 5.39. The number of ether oxygens (including phenoxy) is 1. The van der Waals surface area contributed by atoms with Gasteiger partial charge in [-0.15, -0.1) is 0 Å². The molecule has 0 radical (unpaired) electrons. The number of likely N-dealkylation sites (tertiary alicyclic amines) is 1. The predicted octanol–water partition coefficient (Wildman–Crippen LogP) is 1.91. The summed E-state index contributed by atoms with van der Waals surface area (Å²) in [7, 11) is 1.57. The molecule has 1 saturated carbocycles. The van der Waals surface area contributed by atoms with Crippen molar-refractivity contribution in [3.63, 3.8) is 0 Å². The van der Waals surface area contributed by atoms with Gasteiger partial charge in [0.2, 0.25) is 5.91 Å². The molecule has 176 valence electrons. The van der Waals surface area contributed by atoms with Gasteiger partial charge in [0.25, 0.3) is 5.91 Å². The van der Waals surface area contributed by atoms with E-state index < -0.39 is 11.3 Å². The summed E-state index contributed by atoms with van der Waals surface area (Å²) in [6.45, 7) is 0.678. The Morgan fingerprint density at radius 1 is 1.20 bits per heavy atom. The Hall–Kier alpha value is -4.41. The fraction of sp³-hybridized carbons (Fsp3) is 0.320. The molecule has 2 aliphatic rings. The van der Waals surface area contributed by atoms with Gasteiger partial charge < -0.3 is 20.7 Å². The number of nitrogens with one attached hydrogen (secondary N) is 1. The molecule has 1 aliphatic carbocycles. The van der Waals surface area contributed by atoms with Crippen molar-refractivity contribution in [3.8, 4) is 23.3 Å². The number of nitrogens with two attached hydrogens (primary N) is 1. The highest BCUT2D eigenvalue weighted by Crippen LogP contribution is 2.47. The third-order valence-electron chi connectivity index (χ3n) is 6.81. The van der Waals surface area contributed by atoms with Gasteiger partial charge in [0.05, 0.1) is 52.8 Å². The van der Waals surface area contributed by atoms with Crippen LogP contribution in [-0.4, -0.2) is 58.7 Å². The summed E-state index contributed by atoms with van der Waals surface area (Å²) < 4.78 is 7.30. The zero-order chi connectivity index (χ0) is 24.7. The number of aromatic nitrogens is 2. The lowest BCUT2D eigenvalue weighted by atomic mass is 10.1. The quantitative estimate of drug-likeness (QED) is 0.560. The number of carbonyl (C=O) groups excluding carboxylic acids is 2. The molecular formula is C25H23N7O3. The second-order valence-electron chi connectivity index (χ2n) is 8.97. The highest BCUT2D eigenvalue weighted by molar-refractivity contribution is 6.02. The van der Waals surface area contributed by atoms with Crippen molar-refractivity contribution in [2.24, 2.45) is 11.1 Å². The lowest BCUT2D eigenvalue weighted by Crippen LogP contribution is -2.37. The van der Waals surface area contributed by atoms with Gasteiger partial charge in [-0.3, -0.25) is 9.59 Å². The maximum atomic E-state index is 12.9. The van der Waals surface area contributed by atoms with E-state index in [-0.39, 0.29) is 23.6 Å². The van der Waals surface area contributed by atoms with Crippen LogP contribution in [0.5, 0.6) is 0 Å². The van der Waals surface area contributed by atoms with Gasteiger partial charge in [-0.1, -0.05) is 12.1 Å². The van der Waals surface area contributed by atoms with Crippen LogP contribution < -0.4 is 11.1 Å². The van der Waals surface area contributed by atoms with E-state index in [4.69, 9.17) is 15.7 Å². The van der Waals surface area contributed by atoms with Gasteiger partial charge in [-0.2, -0.15) is 15.6 Å². The Morgan fingerprint density at radius 2 is 1.94 bits per heavy atom. The molecule has 5 rings (SSSR count). The van der Waals surface area contributed by atoms with E-state index in [0.717, 1.165) is 11.1 Å². The molecule has 3 heterocycles. The summed E-state index contributed by atoms with van der Waals surface area (Å²) in [5.41, 5.74) is 8.40. The van der Waals surface area contributed by atoms with E-state index >= 15 is 0 Å². The molecule has 2 amide bonds. The SMILES string of the molecule is CO[C@H]1CN(C(=O)C2(C#N)CC2)C[C@H]1Nc1c(C(N)=O)cnn2cc(-c3ccc(C#N)cc3)cc12. The summed E-state index contributed by atoms with van der Waals surface area (Å²) in [6.07, 6.45) is 4.06. The zero-order valence-corrected chi connectivity index (χ0v) is 19.1. The molecule has 1 aromatic carbocycles. The molecule has 0 spiro atoms. The zero-order valence-electron chi connectivity index (χ0n) is 19.1. The van der Waals surface area contributed by atoms with Crippen LogP contribution in [0.4, 0.5) is 5.69 Å². The van der Waals surface area contributed by atoms with Crippen molar-refractivity contribution in [2.75, 3.05) is 25.5 Å². The van der Waals surface area contributed by atoms with Crippen LogP contribution in [0.3, 0.4) is 0 Å². The molecule has 2 fully saturated rings. The fourth-order valence-corrected chi connectivity index (χ4v) is 4.59. The first-order valence-electron chi connectivity index (χ1n) is 11.2. The molecule has 1 saturated heterocycles. The highest BCUT2D eigenvalue weighted by atomic mass is 16.5. The average Bonchev–Trinajstić information content (AvgIpc) is 3.38. The number of carbonyl (C=O) groups is 2. The smallest absolute Gasteiger partial charge is 0.252 e. The number of amides is 2. The van der Waals surface area contributed by atoms with E-state index in [0.29, 0.717) is 42.7 Å². The third-order valence-corrected chi connectivity index (χ3v) is 6.81. The third kappa shape index (κ3) is 3.84. The lowest BCUT2D eigenvalue weighted by Gasteiger charge is -2.21. The van der Waals surface area contributed by atoms with Gasteiger partial charge in [0.1, 0.15) is 5.41 Å². The van der Waals surface area contributed by atoms with E-state index in [2.05, 4.69) is 22.6 Å². The molecule has 35 heavy (non-hydrogen) atoms. The molecule has 0 unspecified atom stereocenters. The number of nitrogens with zero attached hydrogens (tertiary/aromatic N) is 5. The summed E-state index contributed by atoms with van der Waals surface area (Å²) in [5.74, 6) is -0.808. The Balaban J connectivity index is 1.49. The number of primary amides is 1. The monoisotopic (exact) mass is 469 g/mol. The minimum absolute atomic E-state index is 0.174. The number of benzene rings is 1. The van der Waals surface area contributed by atoms with Gasteiger partial charge in [0, 0.05) is 32.0 Å². The number of methoxy groups -OCH3 is 1. The summed E-state index contributed by atoms with van der Waals surface area (Å²) in [4.78, 5) is 26.8. The Morgan fingerprint density at radius 3 is 2.54 bits per heavy atom. The van der Waals surface area contributed by atoms with Crippen LogP contribution in [0.1, 0.15) is 28.8 Å². The minimum Gasteiger partial charge on any atom is -0.377 e. The molecule has 2 atom stereocenters. The van der Waals surface area contributed by atoms with E-state index in [1.54, 1.807) is 28.7 Å². The molecule has 3 aromatic rings. The molecule has 3 N–H and O–H groups in total. The molecule has 1 aliphatic heterocycles. The summed E-state index contributed by atoms with van der Waals surface area (Å²) >= 11 is 0. The van der Waals surface area contributed by atoms with E-state index in [1.165, 1.54) is 6.20 Å². The molecular weight excluding hydrogens is 446 g/mol. The van der Waals surface area contributed by atoms with Crippen LogP contribution in [0.25, 0.3) is 16.6 Å². The summed E-state index contributed by atoms with van der Waals surface area (Å²) in [6, 6.07) is 13.0. The van der Waals surface area contributed by atoms with Crippen LogP contribution in [0.15, 0.2) is 42.7 Å². The maximum Gasteiger partial charge on any atom is 0.252 e. The largest absolute Gasteiger partial charge is 0.377 e. The van der Waals surface area contributed by atoms with Gasteiger partial charge in [-0.25, -0.2) is 4.52 Å². The van der Waals surface area contributed by atoms with Crippen molar-refractivity contribution in [1.29, 1.82) is 10.5 Å². The van der Waals surface area contributed by atoms with Crippen molar-refractivity contribution < 1.29 is 14.3 Å². The number of fused-ring (bicyclic) bond motifs is 1. The number of anilines is 1. The molecule has 2 aromatic heterocycles. The molecule has 0 bridgehead atoms. The van der Waals surface area contributed by atoms with Crippen molar-refractivity contribution in [2.45, 2.75) is 25.0 Å². The first-order chi connectivity index (χ1) is 16.9. The Labute approximate surface area is 201 Å². The Bertz CT molecular complexity index is 1410. The molecule has 10 nitrogen and oxygen atoms in total. The fourth-order valence-electron chi connectivity index (χ4n) is 4.59. The first kappa shape index (κ1) is 22.4. The van der Waals surface area contributed by atoms with Crippen LogP contribution in [0.2, 0.25) is 0 Å². The second kappa shape index (κ2) is 8.42. The average molecular weight is 470 g/mol. The van der Waals surface area contributed by atoms with Crippen LogP contribution in [-0.2, 0) is 9.53 Å². The standard InChI is InChI=1S/C25H23N7O3/c1-35-21-13-31(24(34)25(14-27)6-7-25)12-19(21)30-22-18(23(28)33)10-29-32-11-17(8-20(22)32)16-4-2-15(9-26)3-5-16/h2-5,8,10-11,19,21,30H,6-7,12-13H2,1H3,(H2,28,33)/t19-,21+/m1/s1. The number of hydrogen-bond donors (Lipinski definition) is 2. The number of rotatable bonds is 6. The first-order valence-corrected chi connectivity index (χ1v) is 11.2. The van der Waals surface area contributed by atoms with E-state index in [9.17, 15) is 14.9 Å². The summed E-state index contributed by atoms with van der Waals surface area (Å²) in [5, 5.41) is 26.2. The van der Waals surface area contributed by atoms with Crippen molar-refractivity contribution in [3.05, 3.63) is 53.9 Å². The van der Waals surface area contributed by atoms with Crippen molar-refractivity contribution in [1.82, 2.24) is 14.5 Å². The van der Waals surface area contributed by atoms with E-state index in [1.807, 2.05) is 24.4 Å². The predicted molar refractivity (Wildman–Crippen MR) is 126 cm³/mol. The van der Waals surface area contributed by atoms with Crippen molar-refractivity contribution >= 4 is 23.0 Å². The van der Waals surface area contributed by atoms with Crippen LogP contribution >= 0.6 is 0 Å².